The fourth-order valence-electron chi connectivity index (χ4n) is 3.53. The lowest BCUT2D eigenvalue weighted by Gasteiger charge is -2.18. The number of ether oxygens (including phenoxy) is 2. The molecule has 4 aromatic rings. The van der Waals surface area contributed by atoms with Crippen molar-refractivity contribution in [2.45, 2.75) is 25.5 Å². The number of hydrogen-bond acceptors (Lipinski definition) is 5. The zero-order valence-corrected chi connectivity index (χ0v) is 20.1. The highest BCUT2D eigenvalue weighted by Crippen LogP contribution is 2.21. The Labute approximate surface area is 209 Å². The number of ketones is 1. The van der Waals surface area contributed by atoms with E-state index in [0.29, 0.717) is 12.4 Å². The second-order valence-corrected chi connectivity index (χ2v) is 9.11. The van der Waals surface area contributed by atoms with Crippen molar-refractivity contribution in [3.8, 4) is 11.5 Å². The summed E-state index contributed by atoms with van der Waals surface area (Å²) >= 11 is 1.52. The molecule has 0 radical (unpaired) electrons. The smallest absolute Gasteiger partial charge is 0.225 e. The molecule has 0 bridgehead atoms. The van der Waals surface area contributed by atoms with Gasteiger partial charge in [-0.1, -0.05) is 66.7 Å². The van der Waals surface area contributed by atoms with Gasteiger partial charge in [0.15, 0.2) is 5.78 Å². The van der Waals surface area contributed by atoms with Crippen molar-refractivity contribution in [1.29, 1.82) is 0 Å². The van der Waals surface area contributed by atoms with Crippen LogP contribution >= 0.6 is 11.3 Å². The largest absolute Gasteiger partial charge is 0.457 e. The second kappa shape index (κ2) is 12.6. The molecule has 0 aliphatic carbocycles. The summed E-state index contributed by atoms with van der Waals surface area (Å²) in [5.74, 6) is 1.15. The fourth-order valence-corrected chi connectivity index (χ4v) is 4.23. The van der Waals surface area contributed by atoms with E-state index in [0.717, 1.165) is 21.8 Å². The number of carbonyl (C=O) groups excluding carboxylic acids is 2. The van der Waals surface area contributed by atoms with E-state index in [9.17, 15) is 9.59 Å². The van der Waals surface area contributed by atoms with E-state index in [4.69, 9.17) is 9.47 Å². The van der Waals surface area contributed by atoms with Crippen molar-refractivity contribution in [1.82, 2.24) is 5.32 Å². The van der Waals surface area contributed by atoms with Crippen molar-refractivity contribution >= 4 is 23.0 Å². The summed E-state index contributed by atoms with van der Waals surface area (Å²) in [6.07, 6.45) is 0.427. The van der Waals surface area contributed by atoms with Gasteiger partial charge in [-0.15, -0.1) is 11.3 Å². The number of nitrogens with one attached hydrogen (secondary N) is 1. The van der Waals surface area contributed by atoms with Crippen LogP contribution in [0.3, 0.4) is 0 Å². The predicted octanol–water partition coefficient (Wildman–Crippen LogP) is 5.60. The Balaban J connectivity index is 1.36. The Kier molecular flexibility index (Phi) is 8.81. The number of benzene rings is 3. The van der Waals surface area contributed by atoms with Crippen molar-refractivity contribution < 1.29 is 19.1 Å². The molecule has 35 heavy (non-hydrogen) atoms. The van der Waals surface area contributed by atoms with Crippen LogP contribution in [0.2, 0.25) is 0 Å². The molecule has 0 aliphatic rings. The summed E-state index contributed by atoms with van der Waals surface area (Å²) in [6.45, 7) is 0.482. The van der Waals surface area contributed by atoms with Crippen LogP contribution in [0.25, 0.3) is 0 Å². The minimum atomic E-state index is -0.730. The lowest BCUT2D eigenvalue weighted by molar-refractivity contribution is -0.128. The molecule has 1 N–H and O–H groups in total. The van der Waals surface area contributed by atoms with Crippen LogP contribution in [0.5, 0.6) is 11.5 Å². The topological polar surface area (TPSA) is 64.6 Å². The van der Waals surface area contributed by atoms with Gasteiger partial charge in [0.05, 0.1) is 19.6 Å². The van der Waals surface area contributed by atoms with Gasteiger partial charge < -0.3 is 14.8 Å². The van der Waals surface area contributed by atoms with E-state index in [1.807, 2.05) is 102 Å². The molecule has 0 fully saturated rings. The summed E-state index contributed by atoms with van der Waals surface area (Å²) in [5.41, 5.74) is 1.86. The maximum atomic E-state index is 13.1. The van der Waals surface area contributed by atoms with Gasteiger partial charge >= 0.3 is 0 Å². The third kappa shape index (κ3) is 7.91. The first-order valence-corrected chi connectivity index (χ1v) is 12.3. The quantitative estimate of drug-likeness (QED) is 0.284. The third-order valence-electron chi connectivity index (χ3n) is 5.32. The lowest BCUT2D eigenvalue weighted by Crippen LogP contribution is -2.45. The zero-order valence-electron chi connectivity index (χ0n) is 19.3. The average molecular weight is 486 g/mol. The Morgan fingerprint density at radius 2 is 1.43 bits per heavy atom. The number of thiophene rings is 1. The molecule has 0 saturated carbocycles. The highest BCUT2D eigenvalue weighted by atomic mass is 32.1. The van der Waals surface area contributed by atoms with Gasteiger partial charge in [-0.2, -0.15) is 0 Å². The van der Waals surface area contributed by atoms with E-state index in [1.165, 1.54) is 11.3 Å². The van der Waals surface area contributed by atoms with Crippen LogP contribution < -0.4 is 10.1 Å². The first-order valence-electron chi connectivity index (χ1n) is 11.4. The maximum Gasteiger partial charge on any atom is 0.225 e. The number of amides is 1. The molecule has 5 nitrogen and oxygen atoms in total. The lowest BCUT2D eigenvalue weighted by atomic mass is 10.0. The zero-order chi connectivity index (χ0) is 24.3. The summed E-state index contributed by atoms with van der Waals surface area (Å²) in [6, 6.07) is 29.8. The number of rotatable bonds is 12. The van der Waals surface area contributed by atoms with Gasteiger partial charge in [0, 0.05) is 11.3 Å². The molecular formula is C29H27NO4S. The second-order valence-electron chi connectivity index (χ2n) is 8.08. The van der Waals surface area contributed by atoms with E-state index < -0.39 is 6.04 Å². The molecule has 1 heterocycles. The standard InChI is InChI=1S/C29H27NO4S/c31-28(18-22-13-15-25(16-14-22)34-24-10-5-2-6-11-24)27(21-33-20-23-8-3-1-4-9-23)30-29(32)19-26-12-7-17-35-26/h1-17,27H,18-21H2,(H,30,32)/t27-/m0/s1. The average Bonchev–Trinajstić information content (AvgIpc) is 3.39. The van der Waals surface area contributed by atoms with Gasteiger partial charge in [-0.05, 0) is 46.8 Å². The Hall–Kier alpha value is -3.74. The molecule has 0 saturated heterocycles. The monoisotopic (exact) mass is 485 g/mol. The van der Waals surface area contributed by atoms with E-state index in [1.54, 1.807) is 0 Å². The molecule has 178 valence electrons. The Bertz CT molecular complexity index is 1190. The molecule has 1 aromatic heterocycles. The first kappa shape index (κ1) is 24.4. The van der Waals surface area contributed by atoms with Crippen molar-refractivity contribution in [3.05, 3.63) is 118 Å². The SMILES string of the molecule is O=C(Cc1cccs1)N[C@@H](COCc1ccccc1)C(=O)Cc1ccc(Oc2ccccc2)cc1. The molecule has 4 rings (SSSR count). The van der Waals surface area contributed by atoms with Crippen LogP contribution in [0, 0.1) is 0 Å². The molecular weight excluding hydrogens is 458 g/mol. The highest BCUT2D eigenvalue weighted by Gasteiger charge is 2.22. The Morgan fingerprint density at radius 1 is 0.743 bits per heavy atom. The summed E-state index contributed by atoms with van der Waals surface area (Å²) in [5, 5.41) is 4.80. The summed E-state index contributed by atoms with van der Waals surface area (Å²) in [7, 11) is 0. The van der Waals surface area contributed by atoms with Crippen LogP contribution in [-0.2, 0) is 33.8 Å². The predicted molar refractivity (Wildman–Crippen MR) is 138 cm³/mol. The molecule has 3 aromatic carbocycles. The van der Waals surface area contributed by atoms with Crippen LogP contribution in [0.15, 0.2) is 102 Å². The first-order chi connectivity index (χ1) is 17.2. The van der Waals surface area contributed by atoms with Gasteiger partial charge in [0.1, 0.15) is 17.5 Å². The molecule has 1 atom stereocenters. The summed E-state index contributed by atoms with van der Waals surface area (Å²) < 4.78 is 11.6. The summed E-state index contributed by atoms with van der Waals surface area (Å²) in [4.78, 5) is 26.7. The van der Waals surface area contributed by atoms with Crippen molar-refractivity contribution in [2.24, 2.45) is 0 Å². The molecule has 1 amide bonds. The van der Waals surface area contributed by atoms with Crippen LogP contribution in [0.1, 0.15) is 16.0 Å². The minimum absolute atomic E-state index is 0.102. The van der Waals surface area contributed by atoms with Gasteiger partial charge in [0.25, 0.3) is 0 Å². The number of hydrogen-bond donors (Lipinski definition) is 1. The van der Waals surface area contributed by atoms with Crippen LogP contribution in [0.4, 0.5) is 0 Å². The molecule has 0 spiro atoms. The Morgan fingerprint density at radius 3 is 2.11 bits per heavy atom. The van der Waals surface area contributed by atoms with E-state index in [2.05, 4.69) is 5.32 Å². The van der Waals surface area contributed by atoms with Gasteiger partial charge in [-0.3, -0.25) is 9.59 Å². The van der Waals surface area contributed by atoms with E-state index >= 15 is 0 Å². The third-order valence-corrected chi connectivity index (χ3v) is 6.19. The van der Waals surface area contributed by atoms with Gasteiger partial charge in [-0.25, -0.2) is 0 Å². The molecule has 0 aliphatic heterocycles. The van der Waals surface area contributed by atoms with Crippen LogP contribution in [-0.4, -0.2) is 24.3 Å². The van der Waals surface area contributed by atoms with Crippen molar-refractivity contribution in [3.63, 3.8) is 0 Å². The normalized spacial score (nSPS) is 11.5. The highest BCUT2D eigenvalue weighted by molar-refractivity contribution is 7.10. The van der Waals surface area contributed by atoms with Gasteiger partial charge in [0.2, 0.25) is 5.91 Å². The number of carbonyl (C=O) groups is 2. The number of para-hydroxylation sites is 1. The van der Waals surface area contributed by atoms with Crippen molar-refractivity contribution in [2.75, 3.05) is 6.61 Å². The molecule has 0 unspecified atom stereocenters. The van der Waals surface area contributed by atoms with E-state index in [-0.39, 0.29) is 31.1 Å². The molecule has 6 heteroatoms. The maximum absolute atomic E-state index is 13.1. The fraction of sp³-hybridized carbons (Fsp3) is 0.172. The number of Topliss-reactive ketones (excluding diaryl/α,β-unsaturated/α-hetero) is 1. The minimum Gasteiger partial charge on any atom is -0.457 e.